The Morgan fingerprint density at radius 3 is 2.43 bits per heavy atom. The minimum Gasteiger partial charge on any atom is -0.482 e. The summed E-state index contributed by atoms with van der Waals surface area (Å²) >= 11 is 11.7. The van der Waals surface area contributed by atoms with Gasteiger partial charge in [0.25, 0.3) is 5.91 Å². The Kier molecular flexibility index (Phi) is 5.38. The van der Waals surface area contributed by atoms with E-state index < -0.39 is 24.3 Å². The number of alkyl halides is 3. The number of amides is 1. The van der Waals surface area contributed by atoms with Crippen molar-refractivity contribution in [3.05, 3.63) is 58.1 Å². The highest BCUT2D eigenvalue weighted by Crippen LogP contribution is 2.33. The average Bonchev–Trinajstić information content (AvgIpc) is 2.47. The summed E-state index contributed by atoms with van der Waals surface area (Å²) in [5, 5.41) is 2.58. The molecule has 122 valence electrons. The van der Waals surface area contributed by atoms with Gasteiger partial charge in [0.2, 0.25) is 0 Å². The molecule has 0 aliphatic rings. The van der Waals surface area contributed by atoms with Crippen LogP contribution in [0.2, 0.25) is 10.0 Å². The van der Waals surface area contributed by atoms with Crippen LogP contribution in [0.1, 0.15) is 5.56 Å². The second kappa shape index (κ2) is 7.10. The fourth-order valence-corrected chi connectivity index (χ4v) is 2.04. The zero-order valence-electron chi connectivity index (χ0n) is 11.5. The SMILES string of the molecule is O=C(COc1ccccc1Cl)Nc1cc(C(F)(F)F)ccc1Cl. The number of halogens is 5. The summed E-state index contributed by atoms with van der Waals surface area (Å²) in [5.74, 6) is -0.370. The molecule has 0 aromatic heterocycles. The Bertz CT molecular complexity index is 720. The molecule has 0 unspecified atom stereocenters. The summed E-state index contributed by atoms with van der Waals surface area (Å²) in [7, 11) is 0. The molecule has 3 nitrogen and oxygen atoms in total. The van der Waals surface area contributed by atoms with Gasteiger partial charge in [-0.3, -0.25) is 4.79 Å². The van der Waals surface area contributed by atoms with Crippen LogP contribution in [-0.2, 0) is 11.0 Å². The van der Waals surface area contributed by atoms with Gasteiger partial charge in [-0.15, -0.1) is 0 Å². The number of hydrogen-bond acceptors (Lipinski definition) is 2. The highest BCUT2D eigenvalue weighted by atomic mass is 35.5. The van der Waals surface area contributed by atoms with Crippen LogP contribution in [0.25, 0.3) is 0 Å². The summed E-state index contributed by atoms with van der Waals surface area (Å²) in [6, 6.07) is 9.16. The van der Waals surface area contributed by atoms with E-state index in [1.54, 1.807) is 24.3 Å². The summed E-state index contributed by atoms with van der Waals surface area (Å²) in [5.41, 5.74) is -1.06. The van der Waals surface area contributed by atoms with Crippen LogP contribution in [0, 0.1) is 0 Å². The maximum absolute atomic E-state index is 12.7. The predicted molar refractivity (Wildman–Crippen MR) is 82.0 cm³/mol. The van der Waals surface area contributed by atoms with Gasteiger partial charge in [0.1, 0.15) is 5.75 Å². The second-order valence-electron chi connectivity index (χ2n) is 4.46. The first-order chi connectivity index (χ1) is 10.8. The van der Waals surface area contributed by atoms with E-state index in [0.29, 0.717) is 10.8 Å². The molecule has 0 aliphatic heterocycles. The Hall–Kier alpha value is -1.92. The van der Waals surface area contributed by atoms with Crippen LogP contribution in [0.3, 0.4) is 0 Å². The molecule has 2 aromatic carbocycles. The summed E-state index contributed by atoms with van der Waals surface area (Å²) in [4.78, 5) is 11.8. The molecule has 0 saturated heterocycles. The van der Waals surface area contributed by atoms with Crippen molar-refractivity contribution in [2.24, 2.45) is 0 Å². The lowest BCUT2D eigenvalue weighted by Gasteiger charge is -2.12. The van der Waals surface area contributed by atoms with Gasteiger partial charge in [-0.1, -0.05) is 35.3 Å². The third kappa shape index (κ3) is 4.77. The first kappa shape index (κ1) is 17.4. The molecule has 2 rings (SSSR count). The van der Waals surface area contributed by atoms with Crippen LogP contribution in [0.4, 0.5) is 18.9 Å². The number of nitrogens with one attached hydrogen (secondary N) is 1. The van der Waals surface area contributed by atoms with Crippen molar-refractivity contribution in [2.45, 2.75) is 6.18 Å². The van der Waals surface area contributed by atoms with Crippen LogP contribution >= 0.6 is 23.2 Å². The molecule has 23 heavy (non-hydrogen) atoms. The lowest BCUT2D eigenvalue weighted by atomic mass is 10.2. The van der Waals surface area contributed by atoms with E-state index in [1.807, 2.05) is 0 Å². The lowest BCUT2D eigenvalue weighted by Crippen LogP contribution is -2.20. The Labute approximate surface area is 140 Å². The second-order valence-corrected chi connectivity index (χ2v) is 5.27. The van der Waals surface area contributed by atoms with Crippen molar-refractivity contribution in [3.63, 3.8) is 0 Å². The normalized spacial score (nSPS) is 11.2. The molecule has 2 aromatic rings. The maximum Gasteiger partial charge on any atom is 0.416 e. The molecule has 1 amide bonds. The van der Waals surface area contributed by atoms with Gasteiger partial charge < -0.3 is 10.1 Å². The van der Waals surface area contributed by atoms with E-state index in [2.05, 4.69) is 5.32 Å². The average molecular weight is 364 g/mol. The van der Waals surface area contributed by atoms with Crippen molar-refractivity contribution < 1.29 is 22.7 Å². The molecule has 0 spiro atoms. The summed E-state index contributed by atoms with van der Waals surface area (Å²) in [6.45, 7) is -0.420. The fourth-order valence-electron chi connectivity index (χ4n) is 1.69. The van der Waals surface area contributed by atoms with Crippen LogP contribution in [-0.4, -0.2) is 12.5 Å². The maximum atomic E-state index is 12.7. The van der Waals surface area contributed by atoms with E-state index in [-0.39, 0.29) is 10.7 Å². The monoisotopic (exact) mass is 363 g/mol. The molecule has 0 saturated carbocycles. The number of carbonyl (C=O) groups is 1. The van der Waals surface area contributed by atoms with Gasteiger partial charge in [0.15, 0.2) is 6.61 Å². The molecule has 1 N–H and O–H groups in total. The number of anilines is 1. The quantitative estimate of drug-likeness (QED) is 0.827. The van der Waals surface area contributed by atoms with Crippen molar-refractivity contribution >= 4 is 34.8 Å². The topological polar surface area (TPSA) is 38.3 Å². The van der Waals surface area contributed by atoms with Crippen LogP contribution < -0.4 is 10.1 Å². The Morgan fingerprint density at radius 2 is 1.78 bits per heavy atom. The van der Waals surface area contributed by atoms with Gasteiger partial charge in [-0.05, 0) is 30.3 Å². The lowest BCUT2D eigenvalue weighted by molar-refractivity contribution is -0.137. The molecular weight excluding hydrogens is 354 g/mol. The van der Waals surface area contributed by atoms with E-state index in [4.69, 9.17) is 27.9 Å². The smallest absolute Gasteiger partial charge is 0.416 e. The molecule has 0 atom stereocenters. The number of para-hydroxylation sites is 1. The highest BCUT2D eigenvalue weighted by Gasteiger charge is 2.31. The minimum absolute atomic E-state index is 0.0101. The van der Waals surface area contributed by atoms with Crippen molar-refractivity contribution in [2.75, 3.05) is 11.9 Å². The zero-order chi connectivity index (χ0) is 17.0. The molecule has 8 heteroatoms. The van der Waals surface area contributed by atoms with Gasteiger partial charge in [0, 0.05) is 0 Å². The summed E-state index contributed by atoms with van der Waals surface area (Å²) in [6.07, 6.45) is -4.53. The van der Waals surface area contributed by atoms with Crippen LogP contribution in [0.5, 0.6) is 5.75 Å². The predicted octanol–water partition coefficient (Wildman–Crippen LogP) is 5.03. The number of rotatable bonds is 4. The van der Waals surface area contributed by atoms with Crippen LogP contribution in [0.15, 0.2) is 42.5 Å². The fraction of sp³-hybridized carbons (Fsp3) is 0.133. The van der Waals surface area contributed by atoms with E-state index in [0.717, 1.165) is 18.2 Å². The van der Waals surface area contributed by atoms with Crippen molar-refractivity contribution in [1.82, 2.24) is 0 Å². The molecule has 0 fully saturated rings. The summed E-state index contributed by atoms with van der Waals surface area (Å²) < 4.78 is 43.2. The highest BCUT2D eigenvalue weighted by molar-refractivity contribution is 6.33. The molecule has 0 radical (unpaired) electrons. The molecule has 0 aliphatic carbocycles. The first-order valence-electron chi connectivity index (χ1n) is 6.31. The van der Waals surface area contributed by atoms with Crippen molar-refractivity contribution in [3.8, 4) is 5.75 Å². The number of hydrogen-bond donors (Lipinski definition) is 1. The van der Waals surface area contributed by atoms with Gasteiger partial charge in [0.05, 0.1) is 21.3 Å². The number of benzene rings is 2. The molecule has 0 heterocycles. The minimum atomic E-state index is -4.53. The first-order valence-corrected chi connectivity index (χ1v) is 7.07. The standard InChI is InChI=1S/C15H10Cl2F3NO2/c16-10-6-5-9(15(18,19)20)7-12(10)21-14(22)8-23-13-4-2-1-3-11(13)17/h1-7H,8H2,(H,21,22). The van der Waals surface area contributed by atoms with E-state index >= 15 is 0 Å². The molecular formula is C15H10Cl2F3NO2. The zero-order valence-corrected chi connectivity index (χ0v) is 13.0. The third-order valence-corrected chi connectivity index (χ3v) is 3.41. The van der Waals surface area contributed by atoms with Gasteiger partial charge in [-0.2, -0.15) is 13.2 Å². The van der Waals surface area contributed by atoms with E-state index in [9.17, 15) is 18.0 Å². The number of ether oxygens (including phenoxy) is 1. The number of carbonyl (C=O) groups excluding carboxylic acids is 1. The van der Waals surface area contributed by atoms with E-state index in [1.165, 1.54) is 0 Å². The molecule has 0 bridgehead atoms. The Balaban J connectivity index is 2.04. The van der Waals surface area contributed by atoms with Crippen molar-refractivity contribution in [1.29, 1.82) is 0 Å². The Morgan fingerprint density at radius 1 is 1.09 bits per heavy atom. The van der Waals surface area contributed by atoms with Gasteiger partial charge >= 0.3 is 6.18 Å². The third-order valence-electron chi connectivity index (χ3n) is 2.76. The van der Waals surface area contributed by atoms with Gasteiger partial charge in [-0.25, -0.2) is 0 Å². The largest absolute Gasteiger partial charge is 0.482 e.